The minimum Gasteiger partial charge on any atom is -0.349 e. The van der Waals surface area contributed by atoms with Crippen LogP contribution in [0.25, 0.3) is 0 Å². The topological polar surface area (TPSA) is 29.1 Å². The van der Waals surface area contributed by atoms with Crippen molar-refractivity contribution in [1.29, 1.82) is 0 Å². The summed E-state index contributed by atoms with van der Waals surface area (Å²) in [6.07, 6.45) is 3.85. The van der Waals surface area contributed by atoms with Gasteiger partial charge in [-0.1, -0.05) is 13.8 Å². The van der Waals surface area contributed by atoms with Gasteiger partial charge in [-0.3, -0.25) is 4.79 Å². The second-order valence-electron chi connectivity index (χ2n) is 5.81. The average molecular weight is 230 g/mol. The first kappa shape index (κ1) is 11.3. The number of fused-ring (bicyclic) bond motifs is 2. The minimum absolute atomic E-state index is 0.0280. The molecule has 0 aromatic rings. The Morgan fingerprint density at radius 1 is 1.33 bits per heavy atom. The van der Waals surface area contributed by atoms with Gasteiger partial charge in [0.2, 0.25) is 5.91 Å². The summed E-state index contributed by atoms with van der Waals surface area (Å²) in [5.41, 5.74) is 0.152. The zero-order valence-electron chi connectivity index (χ0n) is 9.77. The van der Waals surface area contributed by atoms with E-state index in [-0.39, 0.29) is 22.7 Å². The van der Waals surface area contributed by atoms with Gasteiger partial charge in [0.1, 0.15) is 5.88 Å². The molecule has 0 aliphatic heterocycles. The molecular formula is C12H20ClNO. The zero-order valence-corrected chi connectivity index (χ0v) is 10.5. The third kappa shape index (κ3) is 1.41. The summed E-state index contributed by atoms with van der Waals surface area (Å²) in [4.78, 5) is 11.5. The molecule has 3 heteroatoms. The van der Waals surface area contributed by atoms with Crippen LogP contribution in [-0.4, -0.2) is 17.3 Å². The lowest BCUT2D eigenvalue weighted by atomic mass is 9.64. The van der Waals surface area contributed by atoms with Crippen LogP contribution in [-0.2, 0) is 4.79 Å². The van der Waals surface area contributed by atoms with Crippen LogP contribution in [0, 0.1) is 17.3 Å². The maximum atomic E-state index is 11.5. The molecule has 1 N–H and O–H groups in total. The fourth-order valence-electron chi connectivity index (χ4n) is 3.70. The highest BCUT2D eigenvalue weighted by Crippen LogP contribution is 2.61. The Bertz CT molecular complexity index is 289. The number of hydrogen-bond acceptors (Lipinski definition) is 1. The van der Waals surface area contributed by atoms with Gasteiger partial charge in [0.15, 0.2) is 0 Å². The molecule has 2 rings (SSSR count). The van der Waals surface area contributed by atoms with Crippen LogP contribution in [0.3, 0.4) is 0 Å². The molecule has 0 heterocycles. The molecule has 3 atom stereocenters. The van der Waals surface area contributed by atoms with Gasteiger partial charge < -0.3 is 5.32 Å². The quantitative estimate of drug-likeness (QED) is 0.725. The summed E-state index contributed by atoms with van der Waals surface area (Å²) in [6, 6.07) is 0. The van der Waals surface area contributed by atoms with Crippen LogP contribution in [0.4, 0.5) is 0 Å². The standard InChI is InChI=1S/C12H20ClNO/c1-11(2)8-4-5-9(6-8)12(11,3)14-10(15)7-13/h8-9H,4-7H2,1-3H3,(H,14,15)/t8-,9-,12-/m0/s1. The van der Waals surface area contributed by atoms with Gasteiger partial charge in [0.25, 0.3) is 0 Å². The minimum atomic E-state index is -0.0537. The lowest BCUT2D eigenvalue weighted by molar-refractivity contribution is -0.123. The second-order valence-corrected chi connectivity index (χ2v) is 6.08. The molecule has 0 spiro atoms. The lowest BCUT2D eigenvalue weighted by Gasteiger charge is -2.48. The number of carbonyl (C=O) groups excluding carboxylic acids is 1. The third-order valence-electron chi connectivity index (χ3n) is 5.13. The Balaban J connectivity index is 2.23. The van der Waals surface area contributed by atoms with Crippen LogP contribution in [0.15, 0.2) is 0 Å². The molecule has 0 radical (unpaired) electrons. The van der Waals surface area contributed by atoms with E-state index >= 15 is 0 Å². The van der Waals surface area contributed by atoms with Crippen LogP contribution < -0.4 is 5.32 Å². The Kier molecular flexibility index (Phi) is 2.53. The third-order valence-corrected chi connectivity index (χ3v) is 5.37. The predicted octanol–water partition coefficient (Wildman–Crippen LogP) is 2.56. The molecule has 0 aromatic carbocycles. The molecule has 2 aliphatic rings. The zero-order chi connectivity index (χ0) is 11.3. The summed E-state index contributed by atoms with van der Waals surface area (Å²) in [5, 5.41) is 3.16. The van der Waals surface area contributed by atoms with E-state index < -0.39 is 0 Å². The van der Waals surface area contributed by atoms with E-state index in [1.807, 2.05) is 0 Å². The lowest BCUT2D eigenvalue weighted by Crippen LogP contribution is -2.59. The van der Waals surface area contributed by atoms with E-state index in [0.717, 1.165) is 5.92 Å². The fourth-order valence-corrected chi connectivity index (χ4v) is 3.76. The van der Waals surface area contributed by atoms with Crippen molar-refractivity contribution in [2.75, 3.05) is 5.88 Å². The Hall–Kier alpha value is -0.240. The number of amides is 1. The SMILES string of the molecule is CC1(C)[C@H]2CC[C@@H](C2)[C@]1(C)NC(=O)CCl. The number of nitrogens with one attached hydrogen (secondary N) is 1. The van der Waals surface area contributed by atoms with Gasteiger partial charge in [0, 0.05) is 5.54 Å². The van der Waals surface area contributed by atoms with Crippen molar-refractivity contribution in [3.05, 3.63) is 0 Å². The predicted molar refractivity (Wildman–Crippen MR) is 61.9 cm³/mol. The highest BCUT2D eigenvalue weighted by molar-refractivity contribution is 6.27. The first-order valence-electron chi connectivity index (χ1n) is 5.79. The molecule has 2 saturated carbocycles. The monoisotopic (exact) mass is 229 g/mol. The van der Waals surface area contributed by atoms with Crippen LogP contribution in [0.2, 0.25) is 0 Å². The first-order chi connectivity index (χ1) is 6.91. The van der Waals surface area contributed by atoms with Gasteiger partial charge in [-0.25, -0.2) is 0 Å². The number of hydrogen-bond donors (Lipinski definition) is 1. The van der Waals surface area contributed by atoms with E-state index in [1.165, 1.54) is 19.3 Å². The van der Waals surface area contributed by atoms with E-state index in [1.54, 1.807) is 0 Å². The van der Waals surface area contributed by atoms with E-state index in [2.05, 4.69) is 26.1 Å². The van der Waals surface area contributed by atoms with Crippen LogP contribution in [0.5, 0.6) is 0 Å². The molecule has 15 heavy (non-hydrogen) atoms. The number of alkyl halides is 1. The summed E-state index contributed by atoms with van der Waals surface area (Å²) in [6.45, 7) is 6.76. The van der Waals surface area contributed by atoms with Gasteiger partial charge in [-0.15, -0.1) is 11.6 Å². The number of halogens is 1. The second kappa shape index (κ2) is 3.38. The maximum Gasteiger partial charge on any atom is 0.235 e. The number of rotatable bonds is 2. The molecular weight excluding hydrogens is 210 g/mol. The Morgan fingerprint density at radius 2 is 1.93 bits per heavy atom. The molecule has 0 aromatic heterocycles. The number of carbonyl (C=O) groups is 1. The molecule has 86 valence electrons. The molecule has 0 saturated heterocycles. The van der Waals surface area contributed by atoms with Crippen molar-refractivity contribution < 1.29 is 4.79 Å². The highest BCUT2D eigenvalue weighted by atomic mass is 35.5. The van der Waals surface area contributed by atoms with Crippen molar-refractivity contribution in [3.63, 3.8) is 0 Å². The van der Waals surface area contributed by atoms with Crippen molar-refractivity contribution in [3.8, 4) is 0 Å². The van der Waals surface area contributed by atoms with Gasteiger partial charge in [-0.05, 0) is 43.4 Å². The maximum absolute atomic E-state index is 11.5. The van der Waals surface area contributed by atoms with Gasteiger partial charge >= 0.3 is 0 Å². The molecule has 2 bridgehead atoms. The van der Waals surface area contributed by atoms with Gasteiger partial charge in [-0.2, -0.15) is 0 Å². The van der Waals surface area contributed by atoms with E-state index in [9.17, 15) is 4.79 Å². The molecule has 2 aliphatic carbocycles. The molecule has 0 unspecified atom stereocenters. The fraction of sp³-hybridized carbons (Fsp3) is 0.917. The van der Waals surface area contributed by atoms with E-state index in [0.29, 0.717) is 5.92 Å². The molecule has 2 fully saturated rings. The Labute approximate surface area is 96.8 Å². The smallest absolute Gasteiger partial charge is 0.235 e. The highest BCUT2D eigenvalue weighted by Gasteiger charge is 2.60. The average Bonchev–Trinajstić information content (AvgIpc) is 2.70. The summed E-state index contributed by atoms with van der Waals surface area (Å²) in [7, 11) is 0. The summed E-state index contributed by atoms with van der Waals surface area (Å²) in [5.74, 6) is 1.45. The first-order valence-corrected chi connectivity index (χ1v) is 6.32. The van der Waals surface area contributed by atoms with Crippen molar-refractivity contribution >= 4 is 17.5 Å². The normalized spacial score (nSPS) is 41.9. The summed E-state index contributed by atoms with van der Waals surface area (Å²) < 4.78 is 0. The van der Waals surface area contributed by atoms with Crippen molar-refractivity contribution in [1.82, 2.24) is 5.32 Å². The van der Waals surface area contributed by atoms with Crippen LogP contribution in [0.1, 0.15) is 40.0 Å². The Morgan fingerprint density at radius 3 is 2.40 bits per heavy atom. The molecule has 1 amide bonds. The largest absolute Gasteiger partial charge is 0.349 e. The summed E-state index contributed by atoms with van der Waals surface area (Å²) >= 11 is 5.58. The van der Waals surface area contributed by atoms with Crippen LogP contribution >= 0.6 is 11.6 Å². The van der Waals surface area contributed by atoms with E-state index in [4.69, 9.17) is 11.6 Å². The van der Waals surface area contributed by atoms with Crippen molar-refractivity contribution in [2.45, 2.75) is 45.6 Å². The van der Waals surface area contributed by atoms with Gasteiger partial charge in [0.05, 0.1) is 0 Å². The molecule has 2 nitrogen and oxygen atoms in total. The van der Waals surface area contributed by atoms with Crippen molar-refractivity contribution in [2.24, 2.45) is 17.3 Å².